The van der Waals surface area contributed by atoms with Crippen LogP contribution >= 0.6 is 0 Å². The maximum Gasteiger partial charge on any atom is 0.322 e. The van der Waals surface area contributed by atoms with Crippen molar-refractivity contribution in [1.29, 1.82) is 0 Å². The number of anilines is 1. The number of H-pyrrole nitrogens is 1. The number of aromatic nitrogens is 1. The number of amides is 2. The Morgan fingerprint density at radius 3 is 2.86 bits per heavy atom. The maximum absolute atomic E-state index is 13.4. The van der Waals surface area contributed by atoms with E-state index in [0.29, 0.717) is 19.6 Å². The summed E-state index contributed by atoms with van der Waals surface area (Å²) in [4.78, 5) is 29.7. The van der Waals surface area contributed by atoms with Crippen molar-refractivity contribution in [3.05, 3.63) is 62.6 Å². The molecular weight excluding hydrogens is 368 g/mol. The zero-order valence-corrected chi connectivity index (χ0v) is 15.5. The first-order valence-corrected chi connectivity index (χ1v) is 9.29. The smallest absolute Gasteiger partial charge is 0.322 e. The number of urea groups is 1. The van der Waals surface area contributed by atoms with Crippen molar-refractivity contribution >= 4 is 11.7 Å². The van der Waals surface area contributed by atoms with Crippen LogP contribution in [0.1, 0.15) is 41.3 Å². The van der Waals surface area contributed by atoms with E-state index in [2.05, 4.69) is 10.3 Å². The van der Waals surface area contributed by atoms with E-state index in [1.807, 2.05) is 0 Å². The number of ether oxygens (including phenoxy) is 1. The number of benzene rings is 1. The third-order valence-corrected chi connectivity index (χ3v) is 5.49. The molecule has 0 saturated heterocycles. The van der Waals surface area contributed by atoms with Gasteiger partial charge in [0.1, 0.15) is 0 Å². The van der Waals surface area contributed by atoms with Crippen LogP contribution in [0.15, 0.2) is 23.0 Å². The predicted molar refractivity (Wildman–Crippen MR) is 99.2 cm³/mol. The highest BCUT2D eigenvalue weighted by Gasteiger charge is 2.32. The lowest BCUT2D eigenvalue weighted by molar-refractivity contribution is 0.107. The molecule has 2 amide bonds. The highest BCUT2D eigenvalue weighted by atomic mass is 19.2. The minimum absolute atomic E-state index is 0.0772. The highest BCUT2D eigenvalue weighted by molar-refractivity contribution is 5.89. The largest absolute Gasteiger partial charge is 0.376 e. The Labute approximate surface area is 160 Å². The summed E-state index contributed by atoms with van der Waals surface area (Å²) in [7, 11) is 1.66. The predicted octanol–water partition coefficient (Wildman–Crippen LogP) is 3.27. The van der Waals surface area contributed by atoms with E-state index in [4.69, 9.17) is 4.74 Å². The average molecular weight is 389 g/mol. The van der Waals surface area contributed by atoms with E-state index in [1.54, 1.807) is 11.9 Å². The molecule has 2 aromatic rings. The van der Waals surface area contributed by atoms with Crippen LogP contribution < -0.4 is 10.9 Å². The summed E-state index contributed by atoms with van der Waals surface area (Å²) in [6, 6.07) is 2.57. The minimum Gasteiger partial charge on any atom is -0.376 e. The number of hydrogen-bond donors (Lipinski definition) is 2. The molecule has 4 rings (SSSR count). The van der Waals surface area contributed by atoms with Crippen LogP contribution in [0.2, 0.25) is 0 Å². The quantitative estimate of drug-likeness (QED) is 0.828. The molecule has 8 heteroatoms. The third-order valence-electron chi connectivity index (χ3n) is 5.49. The summed E-state index contributed by atoms with van der Waals surface area (Å²) in [6.45, 7) is 0.864. The van der Waals surface area contributed by atoms with Gasteiger partial charge in [-0.3, -0.25) is 4.79 Å². The molecule has 2 heterocycles. The first-order chi connectivity index (χ1) is 13.5. The molecule has 1 atom stereocenters. The van der Waals surface area contributed by atoms with Crippen molar-refractivity contribution in [2.75, 3.05) is 19.0 Å². The highest BCUT2D eigenvalue weighted by Crippen LogP contribution is 2.37. The molecule has 0 unspecified atom stereocenters. The van der Waals surface area contributed by atoms with Crippen molar-refractivity contribution < 1.29 is 18.3 Å². The van der Waals surface area contributed by atoms with Gasteiger partial charge in [-0.25, -0.2) is 13.6 Å². The molecule has 2 N–H and O–H groups in total. The molecule has 1 aliphatic carbocycles. The summed E-state index contributed by atoms with van der Waals surface area (Å²) in [5.41, 5.74) is 3.50. The molecule has 148 valence electrons. The summed E-state index contributed by atoms with van der Waals surface area (Å²) in [6.07, 6.45) is 2.87. The average Bonchev–Trinajstić information content (AvgIpc) is 2.70. The first-order valence-electron chi connectivity index (χ1n) is 9.29. The van der Waals surface area contributed by atoms with Crippen LogP contribution in [0.25, 0.3) is 0 Å². The summed E-state index contributed by atoms with van der Waals surface area (Å²) in [5.74, 6) is -1.99. The molecule has 0 bridgehead atoms. The van der Waals surface area contributed by atoms with Gasteiger partial charge in [0.15, 0.2) is 11.6 Å². The number of rotatable bonds is 2. The Hall–Kier alpha value is -2.74. The zero-order chi connectivity index (χ0) is 19.8. The second-order valence-electron chi connectivity index (χ2n) is 7.18. The number of nitrogens with zero attached hydrogens (tertiary/aromatic N) is 1. The molecule has 28 heavy (non-hydrogen) atoms. The van der Waals surface area contributed by atoms with Crippen LogP contribution in [-0.4, -0.2) is 29.6 Å². The number of aromatic amines is 1. The lowest BCUT2D eigenvalue weighted by atomic mass is 9.84. The van der Waals surface area contributed by atoms with Crippen molar-refractivity contribution in [2.24, 2.45) is 0 Å². The standard InChI is InChI=1S/C20H21F2N3O3/c1-25(20(27)23-11-5-6-14(21)15(22)9-11)17-4-2-3-16-18(17)13-10-28-8-7-12(13)19(26)24-16/h5-6,9,17H,2-4,7-8,10H2,1H3,(H,23,27)(H,24,26)/t17-/m1/s1. The first kappa shape index (κ1) is 18.6. The number of pyridine rings is 1. The van der Waals surface area contributed by atoms with E-state index in [9.17, 15) is 18.4 Å². The number of carbonyl (C=O) groups is 1. The maximum atomic E-state index is 13.4. The van der Waals surface area contributed by atoms with Gasteiger partial charge in [0.2, 0.25) is 0 Å². The second-order valence-corrected chi connectivity index (χ2v) is 7.18. The van der Waals surface area contributed by atoms with E-state index < -0.39 is 17.7 Å². The molecule has 1 aromatic carbocycles. The fourth-order valence-electron chi connectivity index (χ4n) is 4.07. The second kappa shape index (κ2) is 7.35. The Balaban J connectivity index is 1.64. The molecule has 0 fully saturated rings. The number of halogens is 2. The van der Waals surface area contributed by atoms with E-state index >= 15 is 0 Å². The molecule has 2 aliphatic rings. The van der Waals surface area contributed by atoms with Crippen LogP contribution in [0.5, 0.6) is 0 Å². The van der Waals surface area contributed by atoms with E-state index in [0.717, 1.165) is 53.8 Å². The summed E-state index contributed by atoms with van der Waals surface area (Å²) >= 11 is 0. The zero-order valence-electron chi connectivity index (χ0n) is 15.5. The van der Waals surface area contributed by atoms with Gasteiger partial charge in [-0.2, -0.15) is 0 Å². The van der Waals surface area contributed by atoms with Crippen LogP contribution in [0.3, 0.4) is 0 Å². The summed E-state index contributed by atoms with van der Waals surface area (Å²) in [5, 5.41) is 2.61. The van der Waals surface area contributed by atoms with Crippen molar-refractivity contribution in [1.82, 2.24) is 9.88 Å². The Kier molecular flexibility index (Phi) is 4.89. The molecule has 0 saturated carbocycles. The molecule has 6 nitrogen and oxygen atoms in total. The van der Waals surface area contributed by atoms with Crippen LogP contribution in [0.4, 0.5) is 19.3 Å². The molecule has 1 aliphatic heterocycles. The van der Waals surface area contributed by atoms with Crippen molar-refractivity contribution in [3.63, 3.8) is 0 Å². The van der Waals surface area contributed by atoms with Gasteiger partial charge in [0, 0.05) is 36.5 Å². The normalized spacial score (nSPS) is 18.2. The van der Waals surface area contributed by atoms with Gasteiger partial charge >= 0.3 is 6.03 Å². The van der Waals surface area contributed by atoms with Gasteiger partial charge in [-0.05, 0) is 42.5 Å². The van der Waals surface area contributed by atoms with Crippen molar-refractivity contribution in [3.8, 4) is 0 Å². The molecule has 0 radical (unpaired) electrons. The fourth-order valence-corrected chi connectivity index (χ4v) is 4.07. The van der Waals surface area contributed by atoms with Gasteiger partial charge in [0.25, 0.3) is 5.56 Å². The van der Waals surface area contributed by atoms with Crippen LogP contribution in [0, 0.1) is 11.6 Å². The third kappa shape index (κ3) is 3.28. The fraction of sp³-hybridized carbons (Fsp3) is 0.400. The Bertz CT molecular complexity index is 989. The lowest BCUT2D eigenvalue weighted by Crippen LogP contribution is -2.39. The molecular formula is C20H21F2N3O3. The van der Waals surface area contributed by atoms with Crippen LogP contribution in [-0.2, 0) is 24.2 Å². The Morgan fingerprint density at radius 2 is 2.07 bits per heavy atom. The SMILES string of the molecule is CN(C(=O)Nc1ccc(F)c(F)c1)[C@@H]1CCCc2[nH]c(=O)c3c(c21)COCC3. The number of fused-ring (bicyclic) bond motifs is 3. The van der Waals surface area contributed by atoms with Gasteiger partial charge in [-0.15, -0.1) is 0 Å². The Morgan fingerprint density at radius 1 is 1.25 bits per heavy atom. The number of hydrogen-bond acceptors (Lipinski definition) is 3. The van der Waals surface area contributed by atoms with Crippen molar-refractivity contribution in [2.45, 2.75) is 38.3 Å². The number of aryl methyl sites for hydroxylation is 1. The topological polar surface area (TPSA) is 74.4 Å². The summed E-state index contributed by atoms with van der Waals surface area (Å²) < 4.78 is 32.1. The molecule has 0 spiro atoms. The van der Waals surface area contributed by atoms with Gasteiger partial charge < -0.3 is 19.9 Å². The van der Waals surface area contributed by atoms with E-state index in [1.165, 1.54) is 6.07 Å². The van der Waals surface area contributed by atoms with Gasteiger partial charge in [0.05, 0.1) is 19.3 Å². The molecule has 1 aromatic heterocycles. The lowest BCUT2D eigenvalue weighted by Gasteiger charge is -2.36. The van der Waals surface area contributed by atoms with Gasteiger partial charge in [-0.1, -0.05) is 0 Å². The number of carbonyl (C=O) groups excluding carboxylic acids is 1. The van der Waals surface area contributed by atoms with E-state index in [-0.39, 0.29) is 17.3 Å². The number of nitrogens with one attached hydrogen (secondary N) is 2. The monoisotopic (exact) mass is 389 g/mol. The minimum atomic E-state index is -1.02.